The van der Waals surface area contributed by atoms with Crippen LogP contribution in [0.2, 0.25) is 0 Å². The number of carbonyl (C=O) groups is 1. The molecule has 0 unspecified atom stereocenters. The van der Waals surface area contributed by atoms with Crippen molar-refractivity contribution < 1.29 is 9.18 Å². The first-order chi connectivity index (χ1) is 7.16. The minimum Gasteiger partial charge on any atom is -0.294 e. The maximum absolute atomic E-state index is 13.1. The van der Waals surface area contributed by atoms with Crippen LogP contribution >= 0.6 is 15.9 Å². The van der Waals surface area contributed by atoms with E-state index >= 15 is 0 Å². The monoisotopic (exact) mass is 270 g/mol. The van der Waals surface area contributed by atoms with Crippen LogP contribution in [0.5, 0.6) is 0 Å². The standard InChI is InChI=1S/C12H12BrFO/c1-2-3-4-8-11(15)9-6-5-7-10(14)12(9)13/h2,5-7H,1,3-4,8H2. The first-order valence-corrected chi connectivity index (χ1v) is 5.54. The number of hydrogen-bond acceptors (Lipinski definition) is 1. The van der Waals surface area contributed by atoms with Gasteiger partial charge >= 0.3 is 0 Å². The van der Waals surface area contributed by atoms with Gasteiger partial charge < -0.3 is 0 Å². The quantitative estimate of drug-likeness (QED) is 0.447. The molecule has 1 aromatic rings. The number of halogens is 2. The molecule has 0 fully saturated rings. The largest absolute Gasteiger partial charge is 0.294 e. The van der Waals surface area contributed by atoms with Crippen molar-refractivity contribution in [2.75, 3.05) is 0 Å². The van der Waals surface area contributed by atoms with Crippen molar-refractivity contribution in [2.24, 2.45) is 0 Å². The Morgan fingerprint density at radius 3 is 2.93 bits per heavy atom. The van der Waals surface area contributed by atoms with Crippen LogP contribution < -0.4 is 0 Å². The molecule has 3 heteroatoms. The molecule has 0 spiro atoms. The predicted octanol–water partition coefficient (Wildman–Crippen LogP) is 4.13. The van der Waals surface area contributed by atoms with Crippen molar-refractivity contribution in [3.63, 3.8) is 0 Å². The summed E-state index contributed by atoms with van der Waals surface area (Å²) in [6, 6.07) is 4.49. The summed E-state index contributed by atoms with van der Waals surface area (Å²) in [5.41, 5.74) is 0.416. The van der Waals surface area contributed by atoms with Crippen LogP contribution in [0.25, 0.3) is 0 Å². The number of rotatable bonds is 5. The van der Waals surface area contributed by atoms with Gasteiger partial charge in [-0.1, -0.05) is 18.2 Å². The second-order valence-electron chi connectivity index (χ2n) is 3.21. The Balaban J connectivity index is 2.73. The van der Waals surface area contributed by atoms with Gasteiger partial charge in [0.25, 0.3) is 0 Å². The average Bonchev–Trinajstić information content (AvgIpc) is 2.22. The molecule has 1 aromatic carbocycles. The molecule has 15 heavy (non-hydrogen) atoms. The highest BCUT2D eigenvalue weighted by Crippen LogP contribution is 2.22. The third-order valence-corrected chi connectivity index (χ3v) is 2.87. The van der Waals surface area contributed by atoms with Gasteiger partial charge in [0.2, 0.25) is 0 Å². The summed E-state index contributed by atoms with van der Waals surface area (Å²) in [5.74, 6) is -0.437. The normalized spacial score (nSPS) is 10.0. The van der Waals surface area contributed by atoms with Crippen LogP contribution in [0.1, 0.15) is 29.6 Å². The molecule has 0 bridgehead atoms. The maximum atomic E-state index is 13.1. The first kappa shape index (κ1) is 12.1. The van der Waals surface area contributed by atoms with E-state index in [1.807, 2.05) is 0 Å². The molecule has 0 heterocycles. The van der Waals surface area contributed by atoms with E-state index in [9.17, 15) is 9.18 Å². The Labute approximate surface area is 97.1 Å². The highest BCUT2D eigenvalue weighted by Gasteiger charge is 2.11. The van der Waals surface area contributed by atoms with E-state index in [4.69, 9.17) is 0 Å². The van der Waals surface area contributed by atoms with Gasteiger partial charge in [0.05, 0.1) is 4.47 Å². The maximum Gasteiger partial charge on any atom is 0.164 e. The van der Waals surface area contributed by atoms with Crippen LogP contribution in [-0.2, 0) is 0 Å². The molecule has 0 aliphatic carbocycles. The second-order valence-corrected chi connectivity index (χ2v) is 4.00. The Bertz CT molecular complexity index is 374. The third kappa shape index (κ3) is 3.27. The molecular formula is C12H12BrFO. The van der Waals surface area contributed by atoms with E-state index in [-0.39, 0.29) is 10.3 Å². The fourth-order valence-corrected chi connectivity index (χ4v) is 1.75. The lowest BCUT2D eigenvalue weighted by molar-refractivity contribution is 0.0979. The highest BCUT2D eigenvalue weighted by atomic mass is 79.9. The SMILES string of the molecule is C=CCCCC(=O)c1cccc(F)c1Br. The molecule has 0 saturated carbocycles. The number of hydrogen-bond donors (Lipinski definition) is 0. The van der Waals surface area contributed by atoms with E-state index in [1.165, 1.54) is 6.07 Å². The smallest absolute Gasteiger partial charge is 0.164 e. The molecule has 1 rings (SSSR count). The Morgan fingerprint density at radius 2 is 2.27 bits per heavy atom. The Kier molecular flexibility index (Phi) is 4.69. The number of Topliss-reactive ketones (excluding diaryl/α,β-unsaturated/α-hetero) is 1. The number of carbonyl (C=O) groups excluding carboxylic acids is 1. The third-order valence-electron chi connectivity index (χ3n) is 2.06. The summed E-state index contributed by atoms with van der Waals surface area (Å²) in [5, 5.41) is 0. The molecule has 1 nitrogen and oxygen atoms in total. The average molecular weight is 271 g/mol. The lowest BCUT2D eigenvalue weighted by Gasteiger charge is -2.03. The number of unbranched alkanes of at least 4 members (excludes halogenated alkanes) is 1. The molecular weight excluding hydrogens is 259 g/mol. The molecule has 0 aliphatic rings. The van der Waals surface area contributed by atoms with Crippen molar-refractivity contribution in [1.82, 2.24) is 0 Å². The van der Waals surface area contributed by atoms with Crippen LogP contribution in [-0.4, -0.2) is 5.78 Å². The van der Waals surface area contributed by atoms with Gasteiger partial charge in [-0.05, 0) is 34.8 Å². The fraction of sp³-hybridized carbons (Fsp3) is 0.250. The molecule has 0 atom stereocenters. The van der Waals surface area contributed by atoms with Gasteiger partial charge in [-0.2, -0.15) is 0 Å². The van der Waals surface area contributed by atoms with Crippen LogP contribution in [0.4, 0.5) is 4.39 Å². The zero-order valence-corrected chi connectivity index (χ0v) is 9.89. The van der Waals surface area contributed by atoms with Crippen LogP contribution in [0, 0.1) is 5.82 Å². The molecule has 0 N–H and O–H groups in total. The molecule has 0 radical (unpaired) electrons. The van der Waals surface area contributed by atoms with Crippen LogP contribution in [0.3, 0.4) is 0 Å². The van der Waals surface area contributed by atoms with Crippen LogP contribution in [0.15, 0.2) is 35.3 Å². The van der Waals surface area contributed by atoms with Crippen molar-refractivity contribution in [1.29, 1.82) is 0 Å². The van der Waals surface area contributed by atoms with E-state index in [1.54, 1.807) is 18.2 Å². The van der Waals surface area contributed by atoms with Crippen molar-refractivity contribution in [2.45, 2.75) is 19.3 Å². The highest BCUT2D eigenvalue weighted by molar-refractivity contribution is 9.10. The second kappa shape index (κ2) is 5.81. The fourth-order valence-electron chi connectivity index (χ4n) is 1.26. The van der Waals surface area contributed by atoms with Gasteiger partial charge in [-0.25, -0.2) is 4.39 Å². The zero-order valence-electron chi connectivity index (χ0n) is 8.30. The lowest BCUT2D eigenvalue weighted by Crippen LogP contribution is -2.01. The van der Waals surface area contributed by atoms with E-state index in [2.05, 4.69) is 22.5 Å². The minimum absolute atomic E-state index is 0.0387. The molecule has 0 saturated heterocycles. The predicted molar refractivity (Wildman–Crippen MR) is 62.5 cm³/mol. The number of ketones is 1. The molecule has 80 valence electrons. The topological polar surface area (TPSA) is 17.1 Å². The summed E-state index contributed by atoms with van der Waals surface area (Å²) in [4.78, 5) is 11.7. The van der Waals surface area contributed by atoms with Gasteiger partial charge in [-0.15, -0.1) is 6.58 Å². The van der Waals surface area contributed by atoms with Crippen molar-refractivity contribution in [3.05, 3.63) is 46.7 Å². The Morgan fingerprint density at radius 1 is 1.53 bits per heavy atom. The van der Waals surface area contributed by atoms with Gasteiger partial charge in [0, 0.05) is 12.0 Å². The van der Waals surface area contributed by atoms with Gasteiger partial charge in [0.1, 0.15) is 5.82 Å². The minimum atomic E-state index is -0.399. The van der Waals surface area contributed by atoms with Gasteiger partial charge in [0.15, 0.2) is 5.78 Å². The molecule has 0 amide bonds. The van der Waals surface area contributed by atoms with Gasteiger partial charge in [-0.3, -0.25) is 4.79 Å². The number of allylic oxidation sites excluding steroid dienone is 1. The lowest BCUT2D eigenvalue weighted by atomic mass is 10.1. The van der Waals surface area contributed by atoms with Crippen molar-refractivity contribution >= 4 is 21.7 Å². The van der Waals surface area contributed by atoms with E-state index in [0.717, 1.165) is 12.8 Å². The van der Waals surface area contributed by atoms with Crippen molar-refractivity contribution in [3.8, 4) is 0 Å². The zero-order chi connectivity index (χ0) is 11.3. The summed E-state index contributed by atoms with van der Waals surface area (Å²) in [6.07, 6.45) is 3.76. The van der Waals surface area contributed by atoms with E-state index < -0.39 is 5.82 Å². The Hall–Kier alpha value is -0.960. The summed E-state index contributed by atoms with van der Waals surface area (Å²) < 4.78 is 13.4. The first-order valence-electron chi connectivity index (χ1n) is 4.75. The molecule has 0 aromatic heterocycles. The number of benzene rings is 1. The molecule has 0 aliphatic heterocycles. The summed E-state index contributed by atoms with van der Waals surface area (Å²) in [7, 11) is 0. The van der Waals surface area contributed by atoms with E-state index in [0.29, 0.717) is 12.0 Å². The summed E-state index contributed by atoms with van der Waals surface area (Å²) in [6.45, 7) is 3.58. The summed E-state index contributed by atoms with van der Waals surface area (Å²) >= 11 is 3.07.